The fourth-order valence-corrected chi connectivity index (χ4v) is 8.55. The molecule has 13 heteroatoms. The number of aromatic nitrogens is 4. The number of ketones is 1. The zero-order valence-corrected chi connectivity index (χ0v) is 34.5. The molecule has 2 fully saturated rings. The van der Waals surface area contributed by atoms with Crippen molar-refractivity contribution in [2.75, 3.05) is 34.3 Å². The van der Waals surface area contributed by atoms with Gasteiger partial charge in [-0.25, -0.2) is 14.8 Å². The highest BCUT2D eigenvalue weighted by atomic mass is 16.5. The van der Waals surface area contributed by atoms with Gasteiger partial charge in [0, 0.05) is 18.5 Å². The lowest BCUT2D eigenvalue weighted by Gasteiger charge is -2.31. The van der Waals surface area contributed by atoms with Crippen LogP contribution in [0.4, 0.5) is 4.79 Å². The van der Waals surface area contributed by atoms with Crippen LogP contribution in [0.5, 0.6) is 0 Å². The molecule has 3 N–H and O–H groups in total. The molecule has 2 saturated heterocycles. The van der Waals surface area contributed by atoms with Crippen LogP contribution in [0.1, 0.15) is 68.4 Å². The van der Waals surface area contributed by atoms with Gasteiger partial charge in [-0.1, -0.05) is 92.7 Å². The van der Waals surface area contributed by atoms with Crippen LogP contribution in [0, 0.1) is 5.92 Å². The number of alkyl carbamates (subject to hydrolysis) is 1. The number of carbonyl (C=O) groups excluding carboxylic acids is 4. The van der Waals surface area contributed by atoms with E-state index in [1.165, 1.54) is 12.0 Å². The van der Waals surface area contributed by atoms with Crippen molar-refractivity contribution in [3.05, 3.63) is 121 Å². The third kappa shape index (κ3) is 8.04. The van der Waals surface area contributed by atoms with Crippen LogP contribution in [0.25, 0.3) is 44.4 Å². The summed E-state index contributed by atoms with van der Waals surface area (Å²) in [4.78, 5) is 73.8. The Hall–Kier alpha value is -6.60. The molecule has 0 spiro atoms. The molecular formula is C47H50N8O5. The van der Waals surface area contributed by atoms with Crippen molar-refractivity contribution in [3.63, 3.8) is 0 Å². The first kappa shape index (κ1) is 40.2. The number of Topliss-reactive ketones (excluding diaryl/α,β-unsaturated/α-hetero) is 1. The molecule has 2 aromatic heterocycles. The fourth-order valence-electron chi connectivity index (χ4n) is 8.55. The second-order valence-corrected chi connectivity index (χ2v) is 16.3. The topological polar surface area (TPSA) is 157 Å². The number of nitrogens with zero attached hydrogens (tertiary/aromatic N) is 5. The number of hydrogen-bond acceptors (Lipinski definition) is 8. The Balaban J connectivity index is 0.952. The number of benzene rings is 4. The van der Waals surface area contributed by atoms with Crippen LogP contribution < -0.4 is 5.32 Å². The van der Waals surface area contributed by atoms with E-state index in [2.05, 4.69) is 68.8 Å². The van der Waals surface area contributed by atoms with E-state index in [1.807, 2.05) is 86.4 Å². The van der Waals surface area contributed by atoms with Crippen molar-refractivity contribution < 1.29 is 23.9 Å². The minimum absolute atomic E-state index is 0.0480. The molecule has 6 aromatic rings. The summed E-state index contributed by atoms with van der Waals surface area (Å²) in [5.41, 5.74) is 6.72. The molecule has 0 saturated carbocycles. The third-order valence-corrected chi connectivity index (χ3v) is 11.7. The van der Waals surface area contributed by atoms with Crippen molar-refractivity contribution in [2.24, 2.45) is 5.92 Å². The van der Waals surface area contributed by atoms with Gasteiger partial charge in [-0.2, -0.15) is 0 Å². The minimum Gasteiger partial charge on any atom is -0.453 e. The van der Waals surface area contributed by atoms with Gasteiger partial charge in [0.25, 0.3) is 0 Å². The lowest BCUT2D eigenvalue weighted by Crippen LogP contribution is -2.51. The predicted octanol–water partition coefficient (Wildman–Crippen LogP) is 7.48. The molecule has 2 aliphatic heterocycles. The number of amides is 3. The van der Waals surface area contributed by atoms with Crippen molar-refractivity contribution in [1.82, 2.24) is 40.0 Å². The summed E-state index contributed by atoms with van der Waals surface area (Å²) in [7, 11) is 5.14. The molecule has 4 atom stereocenters. The standard InChI is InChI=1S/C47H50N8O5/c1-28(2)41(52-47(59)60-5)45(57)55-27-36(56)24-40(55)44-49-25-37(50-44)30-15-13-29(14-16-30)32-17-18-34-23-35(20-19-33(34)22-32)38-26-48-43(51-38)39-12-9-21-54(39)46(58)42(53(3)4)31-10-7-6-8-11-31/h6-8,10-11,13-20,22-23,25-26,28,39-42H,9,12,21,24,27H2,1-5H3,(H,48,51)(H,49,50)(H,52,59)/t39-,40-,41-,42+/m0/s1. The summed E-state index contributed by atoms with van der Waals surface area (Å²) in [5.74, 6) is 0.769. The zero-order valence-electron chi connectivity index (χ0n) is 34.5. The number of H-pyrrole nitrogens is 2. The Kier molecular flexibility index (Phi) is 11.3. The normalized spacial score (nSPS) is 17.8. The van der Waals surface area contributed by atoms with E-state index in [0.29, 0.717) is 12.4 Å². The van der Waals surface area contributed by atoms with Crippen LogP contribution in [0.2, 0.25) is 0 Å². The van der Waals surface area contributed by atoms with Crippen LogP contribution in [-0.4, -0.2) is 98.7 Å². The lowest BCUT2D eigenvalue weighted by atomic mass is 9.98. The van der Waals surface area contributed by atoms with E-state index in [1.54, 1.807) is 6.20 Å². The number of ether oxygens (including phenoxy) is 1. The molecule has 0 aliphatic carbocycles. The molecule has 4 heterocycles. The van der Waals surface area contributed by atoms with Crippen molar-refractivity contribution in [2.45, 2.75) is 57.3 Å². The van der Waals surface area contributed by atoms with Gasteiger partial charge in [0.05, 0.1) is 49.5 Å². The van der Waals surface area contributed by atoms with Crippen molar-refractivity contribution in [1.29, 1.82) is 0 Å². The fraction of sp³-hybridized carbons (Fsp3) is 0.319. The Morgan fingerprint density at radius 3 is 2.02 bits per heavy atom. The Bertz CT molecular complexity index is 2530. The van der Waals surface area contributed by atoms with Gasteiger partial charge in [-0.15, -0.1) is 0 Å². The highest BCUT2D eigenvalue weighted by Gasteiger charge is 2.41. The molecule has 8 rings (SSSR count). The summed E-state index contributed by atoms with van der Waals surface area (Å²) in [6.07, 6.45) is 4.81. The molecule has 0 radical (unpaired) electrons. The molecule has 3 amide bonds. The average molecular weight is 807 g/mol. The predicted molar refractivity (Wildman–Crippen MR) is 229 cm³/mol. The maximum absolute atomic E-state index is 14.0. The van der Waals surface area contributed by atoms with Crippen molar-refractivity contribution in [3.8, 4) is 33.6 Å². The Morgan fingerprint density at radius 1 is 0.767 bits per heavy atom. The SMILES string of the molecule is COC(=O)N[C@H](C(=O)N1CC(=O)C[C@H]1c1ncc(-c2ccc(-c3ccc4cc(-c5cnc([C@@H]6CCCN6C(=O)[C@@H](c6ccccc6)N(C)C)[nH]5)ccc4c3)cc2)[nH]1)C(C)C. The highest BCUT2D eigenvalue weighted by molar-refractivity contribution is 5.94. The number of rotatable bonds is 11. The molecule has 0 unspecified atom stereocenters. The van der Waals surface area contributed by atoms with Crippen LogP contribution in [0.3, 0.4) is 0 Å². The van der Waals surface area contributed by atoms with E-state index in [0.717, 1.165) is 68.6 Å². The average Bonchev–Trinajstić information content (AvgIpc) is 4.09. The Labute approximate surface area is 349 Å². The highest BCUT2D eigenvalue weighted by Crippen LogP contribution is 2.36. The molecule has 4 aromatic carbocycles. The van der Waals surface area contributed by atoms with Crippen LogP contribution >= 0.6 is 0 Å². The van der Waals surface area contributed by atoms with Gasteiger partial charge >= 0.3 is 6.09 Å². The Morgan fingerprint density at radius 2 is 1.37 bits per heavy atom. The number of methoxy groups -OCH3 is 1. The van der Waals surface area contributed by atoms with E-state index < -0.39 is 18.2 Å². The molecule has 308 valence electrons. The zero-order chi connectivity index (χ0) is 42.1. The van der Waals surface area contributed by atoms with Gasteiger partial charge in [0.2, 0.25) is 11.8 Å². The monoisotopic (exact) mass is 806 g/mol. The molecular weight excluding hydrogens is 757 g/mol. The number of hydrogen-bond donors (Lipinski definition) is 3. The molecule has 0 bridgehead atoms. The summed E-state index contributed by atoms with van der Waals surface area (Å²) in [6, 6.07) is 29.0. The first-order chi connectivity index (χ1) is 29.0. The van der Waals surface area contributed by atoms with Crippen molar-refractivity contribution >= 4 is 34.5 Å². The van der Waals surface area contributed by atoms with Gasteiger partial charge < -0.3 is 29.8 Å². The second kappa shape index (κ2) is 16.9. The van der Waals surface area contributed by atoms with E-state index in [4.69, 9.17) is 9.72 Å². The number of carbonyl (C=O) groups is 4. The number of likely N-dealkylation sites (N-methyl/N-ethyl adjacent to an activating group) is 1. The summed E-state index contributed by atoms with van der Waals surface area (Å²) in [6.45, 7) is 4.31. The lowest BCUT2D eigenvalue weighted by molar-refractivity contribution is -0.137. The van der Waals surface area contributed by atoms with Gasteiger partial charge in [0.15, 0.2) is 5.78 Å². The van der Waals surface area contributed by atoms with Gasteiger partial charge in [-0.3, -0.25) is 19.3 Å². The number of aromatic amines is 2. The second-order valence-electron chi connectivity index (χ2n) is 16.3. The molecule has 2 aliphatic rings. The number of nitrogens with one attached hydrogen (secondary N) is 3. The summed E-state index contributed by atoms with van der Waals surface area (Å²) in [5, 5.41) is 4.82. The summed E-state index contributed by atoms with van der Waals surface area (Å²) < 4.78 is 4.72. The maximum atomic E-state index is 14.0. The van der Waals surface area contributed by atoms with E-state index in [9.17, 15) is 19.2 Å². The largest absolute Gasteiger partial charge is 0.453 e. The minimum atomic E-state index is -0.843. The van der Waals surface area contributed by atoms with E-state index in [-0.39, 0.29) is 48.6 Å². The van der Waals surface area contributed by atoms with Gasteiger partial charge in [0.1, 0.15) is 23.7 Å². The van der Waals surface area contributed by atoms with Gasteiger partial charge in [-0.05, 0) is 78.0 Å². The quantitative estimate of drug-likeness (QED) is 0.122. The smallest absolute Gasteiger partial charge is 0.407 e. The first-order valence-electron chi connectivity index (χ1n) is 20.4. The molecule has 60 heavy (non-hydrogen) atoms. The van der Waals surface area contributed by atoms with E-state index >= 15 is 0 Å². The molecule has 13 nitrogen and oxygen atoms in total. The van der Waals surface area contributed by atoms with Crippen LogP contribution in [0.15, 0.2) is 103 Å². The summed E-state index contributed by atoms with van der Waals surface area (Å²) >= 11 is 0. The number of likely N-dealkylation sites (tertiary alicyclic amines) is 2. The number of fused-ring (bicyclic) bond motifs is 1. The first-order valence-corrected chi connectivity index (χ1v) is 20.4. The third-order valence-electron chi connectivity index (χ3n) is 11.7. The maximum Gasteiger partial charge on any atom is 0.407 e. The number of imidazole rings is 2. The van der Waals surface area contributed by atoms with Crippen LogP contribution in [-0.2, 0) is 19.1 Å².